The van der Waals surface area contributed by atoms with Crippen LogP contribution in [0, 0.1) is 0 Å². The fraction of sp³-hybridized carbons (Fsp3) is 0. The van der Waals surface area contributed by atoms with Gasteiger partial charge in [-0.2, -0.15) is 5.10 Å². The number of fused-ring (bicyclic) bond motifs is 3. The molecular formula is C51H34N4. The predicted octanol–water partition coefficient (Wildman–Crippen LogP) is 13.0. The highest BCUT2D eigenvalue weighted by Crippen LogP contribution is 2.42. The van der Waals surface area contributed by atoms with Gasteiger partial charge in [-0.25, -0.2) is 14.6 Å². The summed E-state index contributed by atoms with van der Waals surface area (Å²) >= 11 is 0. The van der Waals surface area contributed by atoms with Crippen molar-refractivity contribution in [1.82, 2.24) is 19.7 Å². The maximum Gasteiger partial charge on any atom is 0.160 e. The number of rotatable bonds is 7. The third-order valence-electron chi connectivity index (χ3n) is 10.2. The summed E-state index contributed by atoms with van der Waals surface area (Å²) in [4.78, 5) is 10.3. The molecule has 0 aliphatic rings. The van der Waals surface area contributed by atoms with Crippen LogP contribution in [-0.2, 0) is 0 Å². The Balaban J connectivity index is 1.14. The Morgan fingerprint density at radius 3 is 1.56 bits per heavy atom. The van der Waals surface area contributed by atoms with Crippen molar-refractivity contribution in [3.8, 4) is 73.1 Å². The lowest BCUT2D eigenvalue weighted by Crippen LogP contribution is -1.99. The summed E-state index contributed by atoms with van der Waals surface area (Å²) in [5.74, 6) is 0.684. The van der Waals surface area contributed by atoms with Gasteiger partial charge in [0.15, 0.2) is 5.82 Å². The van der Waals surface area contributed by atoms with Crippen LogP contribution in [0.25, 0.3) is 94.8 Å². The monoisotopic (exact) mass is 702 g/mol. The van der Waals surface area contributed by atoms with E-state index >= 15 is 0 Å². The van der Waals surface area contributed by atoms with Gasteiger partial charge in [-0.05, 0) is 58.0 Å². The zero-order valence-electron chi connectivity index (χ0n) is 29.9. The Labute approximate surface area is 319 Å². The largest absolute Gasteiger partial charge is 0.232 e. The summed E-state index contributed by atoms with van der Waals surface area (Å²) in [5.41, 5.74) is 13.4. The molecule has 0 spiro atoms. The average molecular weight is 703 g/mol. The smallest absolute Gasteiger partial charge is 0.160 e. The normalized spacial score (nSPS) is 11.3. The molecule has 0 bridgehead atoms. The van der Waals surface area contributed by atoms with Gasteiger partial charge >= 0.3 is 0 Å². The Morgan fingerprint density at radius 1 is 0.364 bits per heavy atom. The molecule has 0 saturated heterocycles. The topological polar surface area (TPSA) is 43.6 Å². The van der Waals surface area contributed by atoms with Crippen LogP contribution >= 0.6 is 0 Å². The average Bonchev–Trinajstić information content (AvgIpc) is 3.68. The third-order valence-corrected chi connectivity index (χ3v) is 10.2. The van der Waals surface area contributed by atoms with Crippen molar-refractivity contribution in [3.63, 3.8) is 0 Å². The minimum atomic E-state index is 0.684. The van der Waals surface area contributed by atoms with Gasteiger partial charge in [0.1, 0.15) is 5.69 Å². The number of hydrogen-bond acceptors (Lipinski definition) is 3. The van der Waals surface area contributed by atoms with Gasteiger partial charge < -0.3 is 0 Å². The Bertz CT molecular complexity index is 2940. The lowest BCUT2D eigenvalue weighted by Gasteiger charge is -2.12. The molecule has 0 radical (unpaired) electrons. The van der Waals surface area contributed by atoms with E-state index in [2.05, 4.69) is 187 Å². The fourth-order valence-electron chi connectivity index (χ4n) is 7.54. The van der Waals surface area contributed by atoms with Crippen LogP contribution < -0.4 is 0 Å². The van der Waals surface area contributed by atoms with Crippen LogP contribution in [0.3, 0.4) is 0 Å². The molecule has 0 fully saturated rings. The van der Waals surface area contributed by atoms with Gasteiger partial charge in [-0.15, -0.1) is 0 Å². The highest BCUT2D eigenvalue weighted by Gasteiger charge is 2.21. The van der Waals surface area contributed by atoms with Gasteiger partial charge in [0, 0.05) is 33.0 Å². The predicted molar refractivity (Wildman–Crippen MR) is 227 cm³/mol. The standard InChI is InChI=1S/C51H34N4/c1-5-16-35(17-6-1)40-25-15-26-42(32-40)51-52-46(37-20-9-3-10-21-37)34-47(53-51)38-28-30-43(31-29-38)55-50-44-27-14-13-24-41(44)33-45(36-18-7-2-8-19-36)48(50)49(54-55)39-22-11-4-12-23-39/h1-34H. The van der Waals surface area contributed by atoms with Crippen molar-refractivity contribution in [2.24, 2.45) is 0 Å². The van der Waals surface area contributed by atoms with Gasteiger partial charge in [0.25, 0.3) is 0 Å². The fourth-order valence-corrected chi connectivity index (χ4v) is 7.54. The zero-order valence-corrected chi connectivity index (χ0v) is 29.9. The molecule has 4 heteroatoms. The maximum atomic E-state index is 5.40. The van der Waals surface area contributed by atoms with Crippen LogP contribution in [-0.4, -0.2) is 19.7 Å². The molecule has 0 aliphatic heterocycles. The van der Waals surface area contributed by atoms with Crippen molar-refractivity contribution in [2.75, 3.05) is 0 Å². The molecule has 0 amide bonds. The summed E-state index contributed by atoms with van der Waals surface area (Å²) in [5, 5.41) is 8.86. The Hall–Kier alpha value is -7.43. The van der Waals surface area contributed by atoms with Crippen molar-refractivity contribution in [1.29, 1.82) is 0 Å². The molecule has 2 aromatic heterocycles. The van der Waals surface area contributed by atoms with E-state index in [9.17, 15) is 0 Å². The molecule has 4 nitrogen and oxygen atoms in total. The van der Waals surface area contributed by atoms with Crippen LogP contribution in [0.1, 0.15) is 0 Å². The van der Waals surface area contributed by atoms with Crippen LogP contribution in [0.15, 0.2) is 206 Å². The molecule has 0 atom stereocenters. The van der Waals surface area contributed by atoms with Gasteiger partial charge in [-0.1, -0.05) is 176 Å². The molecule has 2 heterocycles. The second-order valence-corrected chi connectivity index (χ2v) is 13.7. The first-order chi connectivity index (χ1) is 27.3. The minimum Gasteiger partial charge on any atom is -0.232 e. The van der Waals surface area contributed by atoms with Crippen molar-refractivity contribution < 1.29 is 0 Å². The summed E-state index contributed by atoms with van der Waals surface area (Å²) in [6, 6.07) is 72.0. The molecule has 10 aromatic rings. The van der Waals surface area contributed by atoms with Crippen LogP contribution in [0.4, 0.5) is 0 Å². The van der Waals surface area contributed by atoms with E-state index in [0.29, 0.717) is 5.82 Å². The molecule has 0 unspecified atom stereocenters. The van der Waals surface area contributed by atoms with Gasteiger partial charge in [-0.3, -0.25) is 0 Å². The third kappa shape index (κ3) is 6.06. The van der Waals surface area contributed by atoms with E-state index in [1.165, 1.54) is 5.39 Å². The number of benzene rings is 8. The Morgan fingerprint density at radius 2 is 0.891 bits per heavy atom. The first kappa shape index (κ1) is 32.2. The number of hydrogen-bond donors (Lipinski definition) is 0. The molecule has 0 N–H and O–H groups in total. The Kier molecular flexibility index (Phi) is 8.12. The lowest BCUT2D eigenvalue weighted by molar-refractivity contribution is 0.918. The molecule has 258 valence electrons. The maximum absolute atomic E-state index is 5.40. The first-order valence-corrected chi connectivity index (χ1v) is 18.5. The highest BCUT2D eigenvalue weighted by atomic mass is 15.3. The van der Waals surface area contributed by atoms with Crippen LogP contribution in [0.2, 0.25) is 0 Å². The lowest BCUT2D eigenvalue weighted by atomic mass is 9.94. The summed E-state index contributed by atoms with van der Waals surface area (Å²) < 4.78 is 2.12. The second kappa shape index (κ2) is 13.8. The van der Waals surface area contributed by atoms with E-state index in [1.54, 1.807) is 0 Å². The van der Waals surface area contributed by atoms with E-state index in [4.69, 9.17) is 15.1 Å². The van der Waals surface area contributed by atoms with Gasteiger partial charge in [0.2, 0.25) is 0 Å². The van der Waals surface area contributed by atoms with E-state index < -0.39 is 0 Å². The molecule has 10 rings (SSSR count). The zero-order chi connectivity index (χ0) is 36.6. The summed E-state index contributed by atoms with van der Waals surface area (Å²) in [6.45, 7) is 0. The summed E-state index contributed by atoms with van der Waals surface area (Å²) in [7, 11) is 0. The van der Waals surface area contributed by atoms with Gasteiger partial charge in [0.05, 0.1) is 22.6 Å². The van der Waals surface area contributed by atoms with Crippen LogP contribution in [0.5, 0.6) is 0 Å². The summed E-state index contributed by atoms with van der Waals surface area (Å²) in [6.07, 6.45) is 0. The number of nitrogens with zero attached hydrogens (tertiary/aromatic N) is 4. The molecule has 8 aromatic carbocycles. The van der Waals surface area contributed by atoms with E-state index in [1.807, 2.05) is 24.3 Å². The van der Waals surface area contributed by atoms with Crippen molar-refractivity contribution in [3.05, 3.63) is 206 Å². The van der Waals surface area contributed by atoms with Crippen molar-refractivity contribution >= 4 is 21.7 Å². The minimum absolute atomic E-state index is 0.684. The SMILES string of the molecule is c1ccc(-c2cccc(-c3nc(-c4ccccc4)cc(-c4ccc(-n5nc(-c6ccccc6)c6c(-c7ccccc7)cc7ccccc7c65)cc4)n3)c2)cc1. The molecule has 0 saturated carbocycles. The molecule has 0 aliphatic carbocycles. The van der Waals surface area contributed by atoms with E-state index in [0.717, 1.165) is 83.6 Å². The van der Waals surface area contributed by atoms with E-state index in [-0.39, 0.29) is 0 Å². The first-order valence-electron chi connectivity index (χ1n) is 18.5. The number of aromatic nitrogens is 4. The molecule has 55 heavy (non-hydrogen) atoms. The molecular weight excluding hydrogens is 669 g/mol. The highest BCUT2D eigenvalue weighted by molar-refractivity contribution is 6.17. The van der Waals surface area contributed by atoms with Crippen molar-refractivity contribution in [2.45, 2.75) is 0 Å². The quantitative estimate of drug-likeness (QED) is 0.166. The second-order valence-electron chi connectivity index (χ2n) is 13.7.